The van der Waals surface area contributed by atoms with Crippen LogP contribution in [0.15, 0.2) is 0 Å². The zero-order chi connectivity index (χ0) is 13.4. The number of hydrogen-bond donors (Lipinski definition) is 0. The van der Waals surface area contributed by atoms with E-state index in [0.717, 1.165) is 6.42 Å². The van der Waals surface area contributed by atoms with Gasteiger partial charge in [0.25, 0.3) is 0 Å². The maximum Gasteiger partial charge on any atom is 0.324 e. The SMILES string of the molecule is CCOC(=O)C(C(C)=O)C(=O)CCC(C)CC. The predicted octanol–water partition coefficient (Wildman–Crippen LogP) is 2.15. The lowest BCUT2D eigenvalue weighted by atomic mass is 9.93. The van der Waals surface area contributed by atoms with Gasteiger partial charge < -0.3 is 4.74 Å². The van der Waals surface area contributed by atoms with E-state index in [0.29, 0.717) is 12.3 Å². The fourth-order valence-corrected chi connectivity index (χ4v) is 1.49. The Labute approximate surface area is 103 Å². The van der Waals surface area contributed by atoms with Crippen LogP contribution in [0.4, 0.5) is 0 Å². The molecule has 0 rings (SSSR count). The zero-order valence-corrected chi connectivity index (χ0v) is 11.1. The van der Waals surface area contributed by atoms with E-state index in [-0.39, 0.29) is 18.8 Å². The third kappa shape index (κ3) is 5.61. The number of carbonyl (C=O) groups excluding carboxylic acids is 3. The second kappa shape index (κ2) is 7.98. The first-order valence-electron chi connectivity index (χ1n) is 6.13. The average Bonchev–Trinajstić information content (AvgIpc) is 2.25. The molecule has 4 nitrogen and oxygen atoms in total. The molecule has 0 aliphatic heterocycles. The van der Waals surface area contributed by atoms with Crippen LogP contribution >= 0.6 is 0 Å². The van der Waals surface area contributed by atoms with Crippen molar-refractivity contribution in [1.82, 2.24) is 0 Å². The molecule has 2 atom stereocenters. The quantitative estimate of drug-likeness (QED) is 0.483. The van der Waals surface area contributed by atoms with E-state index in [1.165, 1.54) is 6.92 Å². The van der Waals surface area contributed by atoms with Crippen molar-refractivity contribution in [3.05, 3.63) is 0 Å². The molecule has 17 heavy (non-hydrogen) atoms. The zero-order valence-electron chi connectivity index (χ0n) is 11.1. The lowest BCUT2D eigenvalue weighted by Crippen LogP contribution is -2.32. The second-order valence-electron chi connectivity index (χ2n) is 4.31. The van der Waals surface area contributed by atoms with Crippen LogP contribution in [0.3, 0.4) is 0 Å². The van der Waals surface area contributed by atoms with Crippen molar-refractivity contribution in [2.75, 3.05) is 6.61 Å². The van der Waals surface area contributed by atoms with Gasteiger partial charge in [0.2, 0.25) is 0 Å². The minimum atomic E-state index is -1.22. The first-order valence-corrected chi connectivity index (χ1v) is 6.13. The van der Waals surface area contributed by atoms with Gasteiger partial charge in [-0.05, 0) is 26.2 Å². The normalized spacial score (nSPS) is 13.9. The van der Waals surface area contributed by atoms with Gasteiger partial charge in [0.05, 0.1) is 6.61 Å². The van der Waals surface area contributed by atoms with Gasteiger partial charge in [-0.2, -0.15) is 0 Å². The summed E-state index contributed by atoms with van der Waals surface area (Å²) in [4.78, 5) is 34.6. The summed E-state index contributed by atoms with van der Waals surface area (Å²) < 4.78 is 4.74. The van der Waals surface area contributed by atoms with Crippen molar-refractivity contribution < 1.29 is 19.1 Å². The Morgan fingerprint density at radius 1 is 1.18 bits per heavy atom. The Morgan fingerprint density at radius 2 is 1.76 bits per heavy atom. The summed E-state index contributed by atoms with van der Waals surface area (Å²) in [7, 11) is 0. The van der Waals surface area contributed by atoms with E-state index in [1.807, 2.05) is 13.8 Å². The summed E-state index contributed by atoms with van der Waals surface area (Å²) in [6.45, 7) is 7.17. The molecule has 0 saturated heterocycles. The highest BCUT2D eigenvalue weighted by atomic mass is 16.5. The third-order valence-electron chi connectivity index (χ3n) is 2.83. The molecule has 0 saturated carbocycles. The van der Waals surface area contributed by atoms with E-state index >= 15 is 0 Å². The van der Waals surface area contributed by atoms with E-state index in [4.69, 9.17) is 4.74 Å². The van der Waals surface area contributed by atoms with Crippen LogP contribution in [0.2, 0.25) is 0 Å². The minimum absolute atomic E-state index is 0.182. The average molecular weight is 242 g/mol. The Balaban J connectivity index is 4.45. The molecule has 0 aromatic heterocycles. The van der Waals surface area contributed by atoms with Crippen molar-refractivity contribution >= 4 is 17.5 Å². The van der Waals surface area contributed by atoms with Gasteiger partial charge in [0.15, 0.2) is 17.5 Å². The molecule has 2 unspecified atom stereocenters. The molecule has 0 heterocycles. The molecule has 0 radical (unpaired) electrons. The van der Waals surface area contributed by atoms with E-state index in [2.05, 4.69) is 0 Å². The molecular weight excluding hydrogens is 220 g/mol. The number of hydrogen-bond acceptors (Lipinski definition) is 4. The number of ketones is 2. The monoisotopic (exact) mass is 242 g/mol. The van der Waals surface area contributed by atoms with E-state index in [1.54, 1.807) is 6.92 Å². The number of carbonyl (C=O) groups is 3. The summed E-state index contributed by atoms with van der Waals surface area (Å²) >= 11 is 0. The largest absolute Gasteiger partial charge is 0.465 e. The smallest absolute Gasteiger partial charge is 0.324 e. The Kier molecular flexibility index (Phi) is 7.42. The van der Waals surface area contributed by atoms with Crippen molar-refractivity contribution in [1.29, 1.82) is 0 Å². The van der Waals surface area contributed by atoms with Gasteiger partial charge in [0, 0.05) is 6.42 Å². The highest BCUT2D eigenvalue weighted by Gasteiger charge is 2.31. The molecule has 0 N–H and O–H groups in total. The lowest BCUT2D eigenvalue weighted by molar-refractivity contribution is -0.154. The molecule has 0 amide bonds. The molecule has 0 aromatic carbocycles. The van der Waals surface area contributed by atoms with Gasteiger partial charge in [0.1, 0.15) is 0 Å². The summed E-state index contributed by atoms with van der Waals surface area (Å²) in [5.74, 6) is -2.27. The number of esters is 1. The lowest BCUT2D eigenvalue weighted by Gasteiger charge is -2.13. The maximum absolute atomic E-state index is 11.8. The topological polar surface area (TPSA) is 60.4 Å². The Hall–Kier alpha value is -1.19. The molecule has 4 heteroatoms. The maximum atomic E-state index is 11.8. The highest BCUT2D eigenvalue weighted by molar-refractivity contribution is 6.16. The summed E-state index contributed by atoms with van der Waals surface area (Å²) in [5.41, 5.74) is 0. The fourth-order valence-electron chi connectivity index (χ4n) is 1.49. The van der Waals surface area contributed by atoms with Crippen LogP contribution in [0.1, 0.15) is 47.0 Å². The number of ether oxygens (including phenoxy) is 1. The molecule has 98 valence electrons. The van der Waals surface area contributed by atoms with Gasteiger partial charge in [-0.15, -0.1) is 0 Å². The molecule has 0 fully saturated rings. The molecule has 0 aliphatic carbocycles. The minimum Gasteiger partial charge on any atom is -0.465 e. The van der Waals surface area contributed by atoms with E-state index < -0.39 is 17.7 Å². The fraction of sp³-hybridized carbons (Fsp3) is 0.769. The molecule has 0 aromatic rings. The number of Topliss-reactive ketones (excluding diaryl/α,β-unsaturated/α-hetero) is 2. The van der Waals surface area contributed by atoms with Gasteiger partial charge in [-0.3, -0.25) is 14.4 Å². The first kappa shape index (κ1) is 15.8. The van der Waals surface area contributed by atoms with Gasteiger partial charge >= 0.3 is 5.97 Å². The number of rotatable bonds is 8. The third-order valence-corrected chi connectivity index (χ3v) is 2.83. The Bertz CT molecular complexity index is 283. The standard InChI is InChI=1S/C13H22O4/c1-5-9(3)7-8-11(15)12(10(4)14)13(16)17-6-2/h9,12H,5-8H2,1-4H3. The molecule has 0 spiro atoms. The highest BCUT2D eigenvalue weighted by Crippen LogP contribution is 2.14. The van der Waals surface area contributed by atoms with Crippen molar-refractivity contribution in [3.63, 3.8) is 0 Å². The van der Waals surface area contributed by atoms with E-state index in [9.17, 15) is 14.4 Å². The first-order chi connectivity index (χ1) is 7.93. The van der Waals surface area contributed by atoms with Crippen molar-refractivity contribution in [2.24, 2.45) is 11.8 Å². The van der Waals surface area contributed by atoms with Gasteiger partial charge in [-0.25, -0.2) is 0 Å². The molecular formula is C13H22O4. The summed E-state index contributed by atoms with van der Waals surface area (Å²) in [6.07, 6.45) is 1.95. The van der Waals surface area contributed by atoms with Crippen LogP contribution < -0.4 is 0 Å². The van der Waals surface area contributed by atoms with Crippen LogP contribution in [0.5, 0.6) is 0 Å². The molecule has 0 aliphatic rings. The van der Waals surface area contributed by atoms with Crippen molar-refractivity contribution in [3.8, 4) is 0 Å². The second-order valence-corrected chi connectivity index (χ2v) is 4.31. The van der Waals surface area contributed by atoms with Gasteiger partial charge in [-0.1, -0.05) is 20.3 Å². The van der Waals surface area contributed by atoms with Crippen LogP contribution in [0.25, 0.3) is 0 Å². The van der Waals surface area contributed by atoms with Crippen LogP contribution in [-0.4, -0.2) is 24.1 Å². The van der Waals surface area contributed by atoms with Crippen LogP contribution in [-0.2, 0) is 19.1 Å². The van der Waals surface area contributed by atoms with Crippen molar-refractivity contribution in [2.45, 2.75) is 47.0 Å². The Morgan fingerprint density at radius 3 is 2.18 bits per heavy atom. The van der Waals surface area contributed by atoms with Crippen LogP contribution in [0, 0.1) is 11.8 Å². The summed E-state index contributed by atoms with van der Waals surface area (Å²) in [5, 5.41) is 0. The predicted molar refractivity (Wildman–Crippen MR) is 64.5 cm³/mol. The summed E-state index contributed by atoms with van der Waals surface area (Å²) in [6, 6.07) is 0. The molecule has 0 bridgehead atoms.